The largest absolute Gasteiger partial charge is 0.508 e. The number of carbonyl (C=O) groups is 14. The number of aliphatic hydroxyl groups is 2. The number of aromatic amines is 2. The van der Waals surface area contributed by atoms with Gasteiger partial charge >= 0.3 is 17.9 Å². The molecule has 4 aromatic rings. The number of nitrogens with two attached hydrogens (primary N) is 1. The van der Waals surface area contributed by atoms with Gasteiger partial charge in [-0.25, -0.2) is 14.8 Å². The fourth-order valence-electron chi connectivity index (χ4n) is 10.6. The zero-order chi connectivity index (χ0) is 77.7. The normalized spacial score (nSPS) is 13.7. The lowest BCUT2D eigenvalue weighted by Crippen LogP contribution is -2.59. The Bertz CT molecular complexity index is 4150. The molecule has 39 heteroatoms. The van der Waals surface area contributed by atoms with Crippen LogP contribution in [0.5, 0.6) is 5.75 Å². The molecule has 6 rings (SSSR count). The summed E-state index contributed by atoms with van der Waals surface area (Å²) in [5.74, 6) is -13.8. The predicted molar refractivity (Wildman–Crippen MR) is 367 cm³/mol. The molecule has 9 atom stereocenters. The maximum absolute atomic E-state index is 13.8. The minimum atomic E-state index is -1.71. The van der Waals surface area contributed by atoms with Gasteiger partial charge in [0.05, 0.1) is 55.0 Å². The van der Waals surface area contributed by atoms with E-state index in [9.17, 15) is 97.5 Å². The zero-order valence-electron chi connectivity index (χ0n) is 57.5. The van der Waals surface area contributed by atoms with E-state index in [0.29, 0.717) is 16.5 Å². The highest BCUT2D eigenvalue weighted by molar-refractivity contribution is 6.09. The molecule has 39 nitrogen and oxygen atoms in total. The second-order valence-electron chi connectivity index (χ2n) is 24.2. The Labute approximate surface area is 602 Å². The molecule has 106 heavy (non-hydrogen) atoms. The van der Waals surface area contributed by atoms with Gasteiger partial charge in [-0.05, 0) is 94.0 Å². The molecular weight excluding hydrogens is 1400 g/mol. The number of aromatic hydroxyl groups is 1. The lowest BCUT2D eigenvalue weighted by atomic mass is 9.89. The molecule has 0 bridgehead atoms. The third-order valence-electron chi connectivity index (χ3n) is 15.9. The number of hydrogen-bond donors (Lipinski definition) is 19. The molecule has 0 fully saturated rings. The van der Waals surface area contributed by atoms with Crippen LogP contribution < -0.4 is 64.3 Å². The summed E-state index contributed by atoms with van der Waals surface area (Å²) in [5, 5.41) is 84.9. The van der Waals surface area contributed by atoms with Crippen LogP contribution in [-0.2, 0) is 79.8 Å². The van der Waals surface area contributed by atoms with Gasteiger partial charge in [0, 0.05) is 98.8 Å². The molecule has 2 aliphatic rings. The van der Waals surface area contributed by atoms with Crippen LogP contribution in [0, 0.1) is 0 Å². The second-order valence-corrected chi connectivity index (χ2v) is 24.2. The number of nitrogens with zero attached hydrogens (tertiary/aromatic N) is 2. The smallest absolute Gasteiger partial charge is 0.336 e. The Morgan fingerprint density at radius 3 is 1.67 bits per heavy atom. The standard InChI is InChI=1S/C67H83N15O24/c1-33(83)57(82-64(99)49(24-38-28-70-32-75-38)79-62(97)47(76-35(3)85)14-16-55(92)93)65(100)73-19-21-104-29-52(88)77-46(6-4-5-17-71-60(95)36-7-10-41(67(102)103)44(22-36)56-42-11-8-39(86)25-50(42)106-51-26-40(87)9-12-43(51)56)61(96)72-18-20-105-30-53(89)81-58(34(2)84)66(101)80-48(23-37-27-69-31-74-37)63(98)78-45(59(68)94)13-15-54(90)91/h7-12,22,25-28,31-34,45-49,57-58,83-84,86H,4-6,13-21,23-24,29-30H2,1-3H3,(H2,68,94)(H,69,74)(H,70,75)(H,71,95)(H,72,96)(H,73,100)(H,76,85)(H,77,88)(H,78,98)(H,79,97)(H,80,101)(H,81,89)(H,82,99)(H,90,91)(H,92,93)(H,102,103)/t33-,34+,45-,46-,47+,48-,49+,57+,58-/m1/s1. The van der Waals surface area contributed by atoms with Gasteiger partial charge in [-0.2, -0.15) is 0 Å². The number of H-pyrrole nitrogens is 2. The van der Waals surface area contributed by atoms with E-state index in [4.69, 9.17) is 24.7 Å². The number of imidazole rings is 2. The molecule has 0 unspecified atom stereocenters. The van der Waals surface area contributed by atoms with Crippen molar-refractivity contribution < 1.29 is 112 Å². The number of hydrogen-bond acceptors (Lipinski definition) is 23. The summed E-state index contributed by atoms with van der Waals surface area (Å²) in [5.41, 5.74) is 6.14. The number of fused-ring (bicyclic) bond motifs is 2. The molecule has 2 aromatic carbocycles. The number of ether oxygens (including phenoxy) is 2. The number of aromatic nitrogens is 4. The lowest BCUT2D eigenvalue weighted by Gasteiger charge is -2.26. The van der Waals surface area contributed by atoms with Gasteiger partial charge in [0.25, 0.3) is 5.91 Å². The molecule has 3 heterocycles. The minimum absolute atomic E-state index is 0.0199. The van der Waals surface area contributed by atoms with Crippen molar-refractivity contribution in [1.29, 1.82) is 0 Å². The van der Waals surface area contributed by atoms with Gasteiger partial charge in [0.2, 0.25) is 59.1 Å². The van der Waals surface area contributed by atoms with Crippen LogP contribution >= 0.6 is 0 Å². The number of aliphatic hydroxyl groups excluding tert-OH is 2. The number of phenolic OH excluding ortho intramolecular Hbond substituents is 1. The van der Waals surface area contributed by atoms with Crippen LogP contribution in [0.25, 0.3) is 33.4 Å². The molecule has 0 saturated carbocycles. The molecule has 1 aliphatic carbocycles. The first-order chi connectivity index (χ1) is 50.4. The number of benzene rings is 3. The third-order valence-corrected chi connectivity index (χ3v) is 15.9. The molecule has 0 radical (unpaired) electrons. The molecule has 0 saturated heterocycles. The number of amides is 11. The Hall–Kier alpha value is -12.2. The predicted octanol–water partition coefficient (Wildman–Crippen LogP) is -3.54. The number of unbranched alkanes of at least 4 members (excludes halogenated alkanes) is 1. The van der Waals surface area contributed by atoms with Gasteiger partial charge in [-0.15, -0.1) is 0 Å². The van der Waals surface area contributed by atoms with Crippen molar-refractivity contribution in [3.05, 3.63) is 112 Å². The molecule has 2 aromatic heterocycles. The van der Waals surface area contributed by atoms with Crippen LogP contribution in [0.3, 0.4) is 0 Å². The van der Waals surface area contributed by atoms with Crippen molar-refractivity contribution in [3.8, 4) is 28.2 Å². The summed E-state index contributed by atoms with van der Waals surface area (Å²) >= 11 is 0. The maximum Gasteiger partial charge on any atom is 0.336 e. The second kappa shape index (κ2) is 40.6. The molecular formula is C67H83N15O24. The van der Waals surface area contributed by atoms with Gasteiger partial charge < -0.3 is 113 Å². The van der Waals surface area contributed by atoms with E-state index < -0.39 is 169 Å². The van der Waals surface area contributed by atoms with E-state index in [-0.39, 0.29) is 123 Å². The average molecular weight is 1480 g/mol. The third kappa shape index (κ3) is 25.9. The number of nitrogens with one attached hydrogen (secondary N) is 12. The number of aromatic carboxylic acids is 1. The summed E-state index contributed by atoms with van der Waals surface area (Å²) in [4.78, 5) is 207. The summed E-state index contributed by atoms with van der Waals surface area (Å²) in [6.45, 7) is 0.648. The summed E-state index contributed by atoms with van der Waals surface area (Å²) in [6, 6.07) is 1.45. The van der Waals surface area contributed by atoms with Crippen molar-refractivity contribution in [2.45, 2.75) is 133 Å². The van der Waals surface area contributed by atoms with Gasteiger partial charge in [-0.3, -0.25) is 67.1 Å². The van der Waals surface area contributed by atoms with E-state index in [1.165, 1.54) is 86.6 Å². The number of carboxylic acids is 3. The quantitative estimate of drug-likeness (QED) is 0.0130. The molecule has 0 spiro atoms. The van der Waals surface area contributed by atoms with Crippen LogP contribution in [-0.4, -0.2) is 234 Å². The number of phenols is 1. The summed E-state index contributed by atoms with van der Waals surface area (Å²) < 4.78 is 16.8. The Balaban J connectivity index is 1.07. The van der Waals surface area contributed by atoms with Crippen LogP contribution in [0.15, 0.2) is 88.9 Å². The van der Waals surface area contributed by atoms with Gasteiger partial charge in [-0.1, -0.05) is 0 Å². The number of rotatable bonds is 44. The highest BCUT2D eigenvalue weighted by atomic mass is 16.5. The van der Waals surface area contributed by atoms with E-state index in [1.54, 1.807) is 0 Å². The van der Waals surface area contributed by atoms with E-state index in [2.05, 4.69) is 73.1 Å². The van der Waals surface area contributed by atoms with Crippen LogP contribution in [0.1, 0.15) is 97.8 Å². The Morgan fingerprint density at radius 1 is 0.557 bits per heavy atom. The molecule has 1 aliphatic heterocycles. The van der Waals surface area contributed by atoms with E-state index in [1.807, 2.05) is 0 Å². The Morgan fingerprint density at radius 2 is 1.10 bits per heavy atom. The van der Waals surface area contributed by atoms with Crippen molar-refractivity contribution in [3.63, 3.8) is 0 Å². The van der Waals surface area contributed by atoms with Crippen molar-refractivity contribution in [2.24, 2.45) is 5.73 Å². The molecule has 11 amide bonds. The minimum Gasteiger partial charge on any atom is -0.508 e. The monoisotopic (exact) mass is 1480 g/mol. The van der Waals surface area contributed by atoms with E-state index >= 15 is 0 Å². The Kier molecular flexibility index (Phi) is 31.7. The van der Waals surface area contributed by atoms with Crippen LogP contribution in [0.2, 0.25) is 0 Å². The number of primary amides is 1. The topological polar surface area (TPSA) is 613 Å². The fraction of sp³-hybridized carbons (Fsp3) is 0.418. The molecule has 20 N–H and O–H groups in total. The molecule has 570 valence electrons. The van der Waals surface area contributed by atoms with E-state index in [0.717, 1.165) is 13.8 Å². The number of carboxylic acid groups (broad SMARTS) is 3. The van der Waals surface area contributed by atoms with Crippen molar-refractivity contribution >= 4 is 93.9 Å². The first-order valence-electron chi connectivity index (χ1n) is 33.1. The zero-order valence-corrected chi connectivity index (χ0v) is 57.5. The fourth-order valence-corrected chi connectivity index (χ4v) is 10.6. The van der Waals surface area contributed by atoms with Crippen molar-refractivity contribution in [1.82, 2.24) is 73.1 Å². The summed E-state index contributed by atoms with van der Waals surface area (Å²) in [6.07, 6.45) is 0.200. The lowest BCUT2D eigenvalue weighted by molar-refractivity contribution is -0.139. The van der Waals surface area contributed by atoms with Crippen LogP contribution in [0.4, 0.5) is 0 Å². The van der Waals surface area contributed by atoms with Crippen molar-refractivity contribution in [2.75, 3.05) is 46.1 Å². The maximum atomic E-state index is 13.8. The first kappa shape index (κ1) is 82.7. The highest BCUT2D eigenvalue weighted by Crippen LogP contribution is 2.42. The van der Waals surface area contributed by atoms with Gasteiger partial charge in [0.1, 0.15) is 72.6 Å². The first-order valence-corrected chi connectivity index (χ1v) is 33.1. The highest BCUT2D eigenvalue weighted by Gasteiger charge is 2.35. The number of aliphatic carboxylic acids is 2. The SMILES string of the molecule is CC(=O)N[C@@H](CCC(=O)O)C(=O)N[C@@H](Cc1c[nH]cn1)C(=O)N[C@H](C(=O)NCCOCC(=O)N[C@H](CCCCNC(=O)c1ccc(C(=O)O)c(-c2c3ccc(=O)cc-3oc3cc(O)ccc23)c1)C(=O)NCCOCC(=O)N[C@@H](C(=O)N[C@H](Cc1c[nH]cn1)C(=O)N[C@H](CCC(=O)O)C(N)=O)[C@H](C)O)[C@@H](C)O. The number of carbonyl (C=O) groups excluding carboxylic acids is 11. The van der Waals surface area contributed by atoms with Gasteiger partial charge in [0.15, 0.2) is 5.43 Å². The average Bonchev–Trinajstić information content (AvgIpc) is 0.832. The summed E-state index contributed by atoms with van der Waals surface area (Å²) in [7, 11) is 0.